The number of hydrogen-bond acceptors (Lipinski definition) is 3. The molecule has 0 radical (unpaired) electrons. The summed E-state index contributed by atoms with van der Waals surface area (Å²) in [6.45, 7) is 1.28. The van der Waals surface area contributed by atoms with Crippen LogP contribution in [0.15, 0.2) is 21.5 Å². The van der Waals surface area contributed by atoms with Crippen molar-refractivity contribution in [3.05, 3.63) is 26.7 Å². The van der Waals surface area contributed by atoms with Crippen LogP contribution in [0.2, 0.25) is 10.0 Å². The predicted molar refractivity (Wildman–Crippen MR) is 87.1 cm³/mol. The number of halogens is 3. The van der Waals surface area contributed by atoms with Crippen LogP contribution in [-0.4, -0.2) is 40.5 Å². The summed E-state index contributed by atoms with van der Waals surface area (Å²) in [6, 6.07) is 3.02. The standard InChI is InChI=1S/C12H17BrCl2N2O2S/c1-17(2)6-4-3-5-16-20(18,19)12-10(14)7-9(13)8-11(12)15/h7-8,16H,3-6H2,1-2H3. The Morgan fingerprint density at radius 3 is 2.25 bits per heavy atom. The number of rotatable bonds is 7. The predicted octanol–water partition coefficient (Wildman–Crippen LogP) is 3.38. The molecule has 1 N–H and O–H groups in total. The number of hydrogen-bond donors (Lipinski definition) is 1. The lowest BCUT2D eigenvalue weighted by Crippen LogP contribution is -2.26. The third-order valence-electron chi connectivity index (χ3n) is 2.56. The Bertz CT molecular complexity index is 542. The smallest absolute Gasteiger partial charge is 0.243 e. The molecule has 0 spiro atoms. The summed E-state index contributed by atoms with van der Waals surface area (Å²) in [7, 11) is 0.268. The molecule has 0 heterocycles. The Morgan fingerprint density at radius 2 is 1.75 bits per heavy atom. The fraction of sp³-hybridized carbons (Fsp3) is 0.500. The van der Waals surface area contributed by atoms with E-state index in [4.69, 9.17) is 23.2 Å². The number of nitrogens with one attached hydrogen (secondary N) is 1. The Balaban J connectivity index is 2.70. The maximum Gasteiger partial charge on any atom is 0.243 e. The van der Waals surface area contributed by atoms with Gasteiger partial charge in [0.2, 0.25) is 10.0 Å². The number of benzene rings is 1. The molecule has 0 amide bonds. The molecule has 1 aromatic carbocycles. The molecule has 1 aromatic rings. The Labute approximate surface area is 138 Å². The second-order valence-electron chi connectivity index (χ2n) is 4.61. The van der Waals surface area contributed by atoms with E-state index in [1.54, 1.807) is 0 Å². The fourth-order valence-corrected chi connectivity index (χ4v) is 4.62. The van der Waals surface area contributed by atoms with Crippen LogP contribution in [0.5, 0.6) is 0 Å². The van der Waals surface area contributed by atoms with Crippen LogP contribution < -0.4 is 4.72 Å². The molecule has 8 heteroatoms. The molecule has 0 saturated carbocycles. The largest absolute Gasteiger partial charge is 0.309 e. The first-order chi connectivity index (χ1) is 9.24. The van der Waals surface area contributed by atoms with Crippen molar-refractivity contribution in [2.75, 3.05) is 27.2 Å². The summed E-state index contributed by atoms with van der Waals surface area (Å²) in [4.78, 5) is 1.98. The van der Waals surface area contributed by atoms with E-state index in [1.165, 1.54) is 12.1 Å². The quantitative estimate of drug-likeness (QED) is 0.710. The molecule has 0 aromatic heterocycles. The minimum Gasteiger partial charge on any atom is -0.309 e. The monoisotopic (exact) mass is 402 g/mol. The van der Waals surface area contributed by atoms with Crippen molar-refractivity contribution in [3.63, 3.8) is 0 Å². The molecule has 1 rings (SSSR count). The molecule has 0 fully saturated rings. The molecule has 20 heavy (non-hydrogen) atoms. The normalized spacial score (nSPS) is 12.1. The van der Waals surface area contributed by atoms with Crippen molar-refractivity contribution in [1.29, 1.82) is 0 Å². The van der Waals surface area contributed by atoms with Gasteiger partial charge in [0.25, 0.3) is 0 Å². The molecule has 114 valence electrons. The molecule has 4 nitrogen and oxygen atoms in total. The molecular weight excluding hydrogens is 387 g/mol. The molecule has 0 aliphatic carbocycles. The zero-order valence-corrected chi connectivity index (χ0v) is 15.2. The number of unbranched alkanes of at least 4 members (excludes halogenated alkanes) is 1. The van der Waals surface area contributed by atoms with E-state index in [-0.39, 0.29) is 14.9 Å². The van der Waals surface area contributed by atoms with Crippen molar-refractivity contribution in [3.8, 4) is 0 Å². The molecule has 0 unspecified atom stereocenters. The van der Waals surface area contributed by atoms with Gasteiger partial charge < -0.3 is 4.90 Å². The SMILES string of the molecule is CN(C)CCCCNS(=O)(=O)c1c(Cl)cc(Br)cc1Cl. The minimum atomic E-state index is -3.69. The maximum atomic E-state index is 12.2. The van der Waals surface area contributed by atoms with Gasteiger partial charge in [-0.25, -0.2) is 13.1 Å². The molecular formula is C12H17BrCl2N2O2S. The van der Waals surface area contributed by atoms with Gasteiger partial charge in [0.05, 0.1) is 10.0 Å². The highest BCUT2D eigenvalue weighted by molar-refractivity contribution is 9.10. The van der Waals surface area contributed by atoms with Gasteiger partial charge in [0.15, 0.2) is 0 Å². The highest BCUT2D eigenvalue weighted by atomic mass is 79.9. The van der Waals surface area contributed by atoms with Crippen molar-refractivity contribution in [1.82, 2.24) is 9.62 Å². The summed E-state index contributed by atoms with van der Waals surface area (Å²) in [6.07, 6.45) is 1.67. The summed E-state index contributed by atoms with van der Waals surface area (Å²) in [5, 5.41) is 0.204. The molecule has 0 aliphatic heterocycles. The average Bonchev–Trinajstić information content (AvgIpc) is 2.25. The average molecular weight is 404 g/mol. The lowest BCUT2D eigenvalue weighted by Gasteiger charge is -2.12. The van der Waals surface area contributed by atoms with Gasteiger partial charge in [-0.15, -0.1) is 0 Å². The van der Waals surface area contributed by atoms with E-state index in [9.17, 15) is 8.42 Å². The highest BCUT2D eigenvalue weighted by Crippen LogP contribution is 2.32. The van der Waals surface area contributed by atoms with Gasteiger partial charge >= 0.3 is 0 Å². The summed E-state index contributed by atoms with van der Waals surface area (Å²) < 4.78 is 27.5. The Hall–Kier alpha value is 0.150. The van der Waals surface area contributed by atoms with Crippen LogP contribution >= 0.6 is 39.1 Å². The summed E-state index contributed by atoms with van der Waals surface area (Å²) >= 11 is 15.1. The van der Waals surface area contributed by atoms with Crippen LogP contribution in [0, 0.1) is 0 Å². The first-order valence-electron chi connectivity index (χ1n) is 6.03. The van der Waals surface area contributed by atoms with E-state index >= 15 is 0 Å². The summed E-state index contributed by atoms with van der Waals surface area (Å²) in [5.74, 6) is 0. The van der Waals surface area contributed by atoms with E-state index in [0.717, 1.165) is 19.4 Å². The van der Waals surface area contributed by atoms with Crippen LogP contribution in [0.25, 0.3) is 0 Å². The van der Waals surface area contributed by atoms with Crippen LogP contribution in [-0.2, 0) is 10.0 Å². The first kappa shape index (κ1) is 18.2. The van der Waals surface area contributed by atoms with E-state index in [0.29, 0.717) is 11.0 Å². The zero-order valence-electron chi connectivity index (χ0n) is 11.3. The Kier molecular flexibility index (Phi) is 7.24. The molecule has 0 bridgehead atoms. The second kappa shape index (κ2) is 7.96. The maximum absolute atomic E-state index is 12.2. The third-order valence-corrected chi connectivity index (χ3v) is 5.40. The highest BCUT2D eigenvalue weighted by Gasteiger charge is 2.21. The van der Waals surface area contributed by atoms with Crippen LogP contribution in [0.3, 0.4) is 0 Å². The fourth-order valence-electron chi connectivity index (χ4n) is 1.62. The van der Waals surface area contributed by atoms with Crippen LogP contribution in [0.4, 0.5) is 0 Å². The van der Waals surface area contributed by atoms with Crippen molar-refractivity contribution in [2.24, 2.45) is 0 Å². The zero-order chi connectivity index (χ0) is 15.3. The van der Waals surface area contributed by atoms with E-state index < -0.39 is 10.0 Å². The van der Waals surface area contributed by atoms with Crippen molar-refractivity contribution in [2.45, 2.75) is 17.7 Å². The van der Waals surface area contributed by atoms with Gasteiger partial charge in [0.1, 0.15) is 4.90 Å². The molecule has 0 saturated heterocycles. The van der Waals surface area contributed by atoms with Crippen molar-refractivity contribution < 1.29 is 8.42 Å². The topological polar surface area (TPSA) is 49.4 Å². The van der Waals surface area contributed by atoms with Gasteiger partial charge in [0, 0.05) is 11.0 Å². The van der Waals surface area contributed by atoms with E-state index in [1.807, 2.05) is 14.1 Å². The summed E-state index contributed by atoms with van der Waals surface area (Å²) in [5.41, 5.74) is 0. The lowest BCUT2D eigenvalue weighted by molar-refractivity contribution is 0.394. The van der Waals surface area contributed by atoms with Gasteiger partial charge in [-0.2, -0.15) is 0 Å². The minimum absolute atomic E-state index is 0.0726. The number of sulfonamides is 1. The molecule has 0 atom stereocenters. The van der Waals surface area contributed by atoms with Crippen molar-refractivity contribution >= 4 is 49.2 Å². The second-order valence-corrected chi connectivity index (χ2v) is 8.04. The first-order valence-corrected chi connectivity index (χ1v) is 9.06. The van der Waals surface area contributed by atoms with Crippen LogP contribution in [0.1, 0.15) is 12.8 Å². The van der Waals surface area contributed by atoms with Gasteiger partial charge in [-0.05, 0) is 45.6 Å². The Morgan fingerprint density at radius 1 is 1.20 bits per heavy atom. The van der Waals surface area contributed by atoms with Gasteiger partial charge in [-0.3, -0.25) is 0 Å². The lowest BCUT2D eigenvalue weighted by atomic mass is 10.3. The third kappa shape index (κ3) is 5.50. The molecule has 0 aliphatic rings. The number of nitrogens with zero attached hydrogens (tertiary/aromatic N) is 1. The van der Waals surface area contributed by atoms with E-state index in [2.05, 4.69) is 25.6 Å². The van der Waals surface area contributed by atoms with Gasteiger partial charge in [-0.1, -0.05) is 39.1 Å².